The van der Waals surface area contributed by atoms with Gasteiger partial charge in [-0.3, -0.25) is 0 Å². The molecule has 0 saturated heterocycles. The van der Waals surface area contributed by atoms with Gasteiger partial charge < -0.3 is 29.7 Å². The number of nitrogens with zero attached hydrogens (tertiary/aromatic N) is 4. The van der Waals surface area contributed by atoms with Gasteiger partial charge in [-0.1, -0.05) is 24.8 Å². The van der Waals surface area contributed by atoms with Crippen molar-refractivity contribution in [2.75, 3.05) is 51.6 Å². The van der Waals surface area contributed by atoms with Gasteiger partial charge in [-0.25, -0.2) is 4.99 Å². The summed E-state index contributed by atoms with van der Waals surface area (Å²) in [7, 11) is 10.1. The van der Waals surface area contributed by atoms with Crippen molar-refractivity contribution >= 4 is 41.6 Å². The molecule has 0 radical (unpaired) electrons. The monoisotopic (exact) mass is 474 g/mol. The number of benzene rings is 1. The number of nitrogens with one attached hydrogen (secondary N) is 2. The lowest BCUT2D eigenvalue weighted by Crippen LogP contribution is -2.37. The maximum atomic E-state index is 5.80. The first-order valence-corrected chi connectivity index (χ1v) is 12.1. The number of anilines is 2. The first kappa shape index (κ1) is 24.7. The number of hydrogen-bond acceptors (Lipinski definition) is 6. The molecule has 35 heavy (non-hydrogen) atoms. The molecule has 0 spiro atoms. The SMILES string of the molecule is C=Cc1cc(NC2(C)C=C(c3cn(C)c4c3=CCCC=4)NC=N2)c(OC)cc1N(C)CCN(C)C. The zero-order valence-electron chi connectivity index (χ0n) is 21.9. The van der Waals surface area contributed by atoms with Crippen LogP contribution in [0, 0.1) is 0 Å². The van der Waals surface area contributed by atoms with Gasteiger partial charge in [-0.15, -0.1) is 0 Å². The highest BCUT2D eigenvalue weighted by atomic mass is 16.5. The van der Waals surface area contributed by atoms with E-state index in [4.69, 9.17) is 9.73 Å². The average Bonchev–Trinajstić information content (AvgIpc) is 3.18. The maximum Gasteiger partial charge on any atom is 0.149 e. The Hall–Kier alpha value is -3.45. The minimum Gasteiger partial charge on any atom is -0.495 e. The second-order valence-corrected chi connectivity index (χ2v) is 9.71. The van der Waals surface area contributed by atoms with Crippen molar-refractivity contribution in [1.29, 1.82) is 0 Å². The van der Waals surface area contributed by atoms with Crippen LogP contribution in [-0.4, -0.2) is 62.8 Å². The van der Waals surface area contributed by atoms with Crippen molar-refractivity contribution in [2.45, 2.75) is 25.4 Å². The summed E-state index contributed by atoms with van der Waals surface area (Å²) >= 11 is 0. The highest BCUT2D eigenvalue weighted by Gasteiger charge is 2.27. The van der Waals surface area contributed by atoms with E-state index in [2.05, 4.69) is 103 Å². The number of aliphatic imine (C=N–C) groups is 1. The molecule has 7 heteroatoms. The van der Waals surface area contributed by atoms with Crippen molar-refractivity contribution in [3.8, 4) is 5.75 Å². The summed E-state index contributed by atoms with van der Waals surface area (Å²) in [6, 6.07) is 4.17. The second-order valence-electron chi connectivity index (χ2n) is 9.71. The van der Waals surface area contributed by atoms with E-state index in [-0.39, 0.29) is 0 Å². The summed E-state index contributed by atoms with van der Waals surface area (Å²) in [4.78, 5) is 9.15. The lowest BCUT2D eigenvalue weighted by molar-refractivity contribution is 0.412. The van der Waals surface area contributed by atoms with Crippen LogP contribution in [0.1, 0.15) is 30.9 Å². The minimum absolute atomic E-state index is 0.647. The van der Waals surface area contributed by atoms with Crippen LogP contribution in [-0.2, 0) is 7.05 Å². The van der Waals surface area contributed by atoms with Crippen LogP contribution >= 0.6 is 0 Å². The molecule has 7 nitrogen and oxygen atoms in total. The van der Waals surface area contributed by atoms with Gasteiger partial charge in [0, 0.05) is 67.0 Å². The normalized spacial score (nSPS) is 18.7. The van der Waals surface area contributed by atoms with Crippen LogP contribution in [0.5, 0.6) is 5.75 Å². The summed E-state index contributed by atoms with van der Waals surface area (Å²) in [6.45, 7) is 7.99. The Labute approximate surface area is 208 Å². The quantitative estimate of drug-likeness (QED) is 0.585. The average molecular weight is 475 g/mol. The molecule has 1 unspecified atom stereocenters. The molecule has 2 heterocycles. The van der Waals surface area contributed by atoms with E-state index in [0.717, 1.165) is 54.3 Å². The zero-order valence-corrected chi connectivity index (χ0v) is 21.9. The van der Waals surface area contributed by atoms with Gasteiger partial charge in [-0.05, 0) is 51.6 Å². The van der Waals surface area contributed by atoms with Crippen LogP contribution in [0.4, 0.5) is 11.4 Å². The van der Waals surface area contributed by atoms with E-state index in [1.54, 1.807) is 13.4 Å². The van der Waals surface area contributed by atoms with E-state index in [9.17, 15) is 0 Å². The maximum absolute atomic E-state index is 5.80. The number of aromatic nitrogens is 1. The first-order chi connectivity index (χ1) is 16.7. The Morgan fingerprint density at radius 3 is 2.71 bits per heavy atom. The Bertz CT molecular complexity index is 1290. The molecule has 4 rings (SSSR count). The molecule has 1 atom stereocenters. The van der Waals surface area contributed by atoms with Crippen LogP contribution in [0.2, 0.25) is 0 Å². The van der Waals surface area contributed by atoms with Crippen molar-refractivity contribution in [2.24, 2.45) is 12.0 Å². The third-order valence-electron chi connectivity index (χ3n) is 6.64. The lowest BCUT2D eigenvalue weighted by Gasteiger charge is -2.31. The molecule has 2 aliphatic rings. The highest BCUT2D eigenvalue weighted by molar-refractivity contribution is 5.82. The largest absolute Gasteiger partial charge is 0.495 e. The summed E-state index contributed by atoms with van der Waals surface area (Å²) in [5, 5.41) is 9.54. The molecular weight excluding hydrogens is 436 g/mol. The molecule has 0 saturated carbocycles. The Kier molecular flexibility index (Phi) is 7.08. The number of rotatable bonds is 9. The standard InChI is InChI=1S/C28H38N6O/c1-8-20-15-23(27(35-7)16-26(20)33(5)14-13-32(3)4)31-28(2)17-24(29-19-30-28)22-18-34(6)25-12-10-9-11-21(22)25/h8,11-12,15-19,31H,1,9-10,13-14H2,2-7H3,(H,29,30). The number of aryl methyl sites for hydroxylation is 1. The first-order valence-electron chi connectivity index (χ1n) is 12.1. The fourth-order valence-electron chi connectivity index (χ4n) is 4.70. The molecule has 1 aliphatic carbocycles. The van der Waals surface area contributed by atoms with E-state index in [1.807, 2.05) is 6.08 Å². The molecule has 0 fully saturated rings. The Balaban J connectivity index is 1.68. The topological polar surface area (TPSA) is 57.1 Å². The fourth-order valence-corrected chi connectivity index (χ4v) is 4.70. The number of fused-ring (bicyclic) bond motifs is 1. The van der Waals surface area contributed by atoms with Gasteiger partial charge in [-0.2, -0.15) is 0 Å². The molecule has 1 aromatic heterocycles. The Morgan fingerprint density at radius 1 is 1.23 bits per heavy atom. The van der Waals surface area contributed by atoms with Gasteiger partial charge >= 0.3 is 0 Å². The number of methoxy groups -OCH3 is 1. The third-order valence-corrected chi connectivity index (χ3v) is 6.64. The van der Waals surface area contributed by atoms with Crippen LogP contribution in [0.15, 0.2) is 36.0 Å². The molecular formula is C28H38N6O. The van der Waals surface area contributed by atoms with Crippen LogP contribution < -0.4 is 30.8 Å². The number of hydrogen-bond donors (Lipinski definition) is 2. The van der Waals surface area contributed by atoms with Crippen LogP contribution in [0.25, 0.3) is 23.9 Å². The third kappa shape index (κ3) is 5.15. The molecule has 0 bridgehead atoms. The molecule has 186 valence electrons. The van der Waals surface area contributed by atoms with E-state index in [0.29, 0.717) is 0 Å². The minimum atomic E-state index is -0.647. The predicted molar refractivity (Wildman–Crippen MR) is 149 cm³/mol. The second kappa shape index (κ2) is 10.0. The van der Waals surface area contributed by atoms with Crippen molar-refractivity contribution in [3.63, 3.8) is 0 Å². The molecule has 1 aromatic carbocycles. The molecule has 0 amide bonds. The van der Waals surface area contributed by atoms with Crippen molar-refractivity contribution < 1.29 is 4.74 Å². The van der Waals surface area contributed by atoms with E-state index in [1.165, 1.54) is 16.1 Å². The predicted octanol–water partition coefficient (Wildman–Crippen LogP) is 2.83. The van der Waals surface area contributed by atoms with Gasteiger partial charge in [0.1, 0.15) is 11.4 Å². The van der Waals surface area contributed by atoms with Crippen molar-refractivity contribution in [1.82, 2.24) is 14.8 Å². The molecule has 2 aromatic rings. The lowest BCUT2D eigenvalue weighted by atomic mass is 10.0. The smallest absolute Gasteiger partial charge is 0.149 e. The van der Waals surface area contributed by atoms with Crippen LogP contribution in [0.3, 0.4) is 0 Å². The van der Waals surface area contributed by atoms with Gasteiger partial charge in [0.2, 0.25) is 0 Å². The Morgan fingerprint density at radius 2 is 2.00 bits per heavy atom. The van der Waals surface area contributed by atoms with Gasteiger partial charge in [0.05, 0.1) is 19.1 Å². The van der Waals surface area contributed by atoms with E-state index < -0.39 is 5.66 Å². The van der Waals surface area contributed by atoms with Gasteiger partial charge in [0.15, 0.2) is 0 Å². The number of ether oxygens (including phenoxy) is 1. The highest BCUT2D eigenvalue weighted by Crippen LogP contribution is 2.36. The summed E-state index contributed by atoms with van der Waals surface area (Å²) in [6.07, 6.45) is 14.8. The summed E-state index contributed by atoms with van der Waals surface area (Å²) in [5.74, 6) is 0.771. The molecule has 2 N–H and O–H groups in total. The fraction of sp³-hybridized carbons (Fsp3) is 0.393. The van der Waals surface area contributed by atoms with Gasteiger partial charge in [0.25, 0.3) is 0 Å². The zero-order chi connectivity index (χ0) is 25.2. The van der Waals surface area contributed by atoms with E-state index >= 15 is 0 Å². The molecule has 1 aliphatic heterocycles. The number of likely N-dealkylation sites (N-methyl/N-ethyl adjacent to an activating group) is 2. The van der Waals surface area contributed by atoms with Crippen molar-refractivity contribution in [3.05, 3.63) is 52.7 Å². The summed E-state index contributed by atoms with van der Waals surface area (Å²) in [5.41, 5.74) is 4.59. The summed E-state index contributed by atoms with van der Waals surface area (Å²) < 4.78 is 8.00.